The molecule has 1 rings (SSSR count). The fourth-order valence-electron chi connectivity index (χ4n) is 3.84. The predicted molar refractivity (Wildman–Crippen MR) is 101 cm³/mol. The molecule has 1 heteroatoms. The second-order valence-electron chi connectivity index (χ2n) is 6.31. The van der Waals surface area contributed by atoms with Gasteiger partial charge in [-0.25, -0.2) is 0 Å². The van der Waals surface area contributed by atoms with Gasteiger partial charge in [0, 0.05) is 0 Å². The lowest BCUT2D eigenvalue weighted by atomic mass is 9.80. The average Bonchev–Trinajstić information content (AvgIpc) is 2.53. The van der Waals surface area contributed by atoms with E-state index >= 15 is 0 Å². The van der Waals surface area contributed by atoms with Gasteiger partial charge in [-0.2, -0.15) is 0 Å². The van der Waals surface area contributed by atoms with E-state index in [4.69, 9.17) is 0 Å². The van der Waals surface area contributed by atoms with Gasteiger partial charge >= 0.3 is 0 Å². The van der Waals surface area contributed by atoms with E-state index in [-0.39, 0.29) is 0 Å². The zero-order valence-electron chi connectivity index (χ0n) is 14.0. The van der Waals surface area contributed by atoms with Crippen LogP contribution in [0.1, 0.15) is 65.2 Å². The van der Waals surface area contributed by atoms with Gasteiger partial charge in [-0.15, -0.1) is 9.24 Å². The Hall–Kier alpha value is -0.610. The molecule has 0 bridgehead atoms. The van der Waals surface area contributed by atoms with Gasteiger partial charge in [0.2, 0.25) is 0 Å². The summed E-state index contributed by atoms with van der Waals surface area (Å²) in [5.74, 6) is 0.833. The van der Waals surface area contributed by atoms with Gasteiger partial charge in [-0.3, -0.25) is 0 Å². The summed E-state index contributed by atoms with van der Waals surface area (Å²) in [5, 5.41) is 0.437. The summed E-state index contributed by atoms with van der Waals surface area (Å²) in [7, 11) is 3.25. The van der Waals surface area contributed by atoms with Crippen LogP contribution in [0, 0.1) is 5.92 Å². The van der Waals surface area contributed by atoms with Crippen LogP contribution in [0.25, 0.3) is 0 Å². The first-order valence-electron chi connectivity index (χ1n) is 8.53. The zero-order valence-corrected chi connectivity index (χ0v) is 15.2. The molecule has 21 heavy (non-hydrogen) atoms. The van der Waals surface area contributed by atoms with E-state index in [0.717, 1.165) is 5.92 Å². The fraction of sp³-hybridized carbons (Fsp3) is 0.600. The van der Waals surface area contributed by atoms with E-state index in [2.05, 4.69) is 48.4 Å². The quantitative estimate of drug-likeness (QED) is 0.501. The Labute approximate surface area is 134 Å². The highest BCUT2D eigenvalue weighted by atomic mass is 31.0. The Balaban J connectivity index is 2.94. The van der Waals surface area contributed by atoms with Crippen molar-refractivity contribution in [3.63, 3.8) is 0 Å². The van der Waals surface area contributed by atoms with E-state index in [0.29, 0.717) is 5.16 Å². The molecule has 0 spiro atoms. The molecule has 0 nitrogen and oxygen atoms in total. The molecule has 1 saturated carbocycles. The smallest absolute Gasteiger partial charge is 0.0122 e. The Bertz CT molecular complexity index is 366. The van der Waals surface area contributed by atoms with Crippen LogP contribution >= 0.6 is 9.24 Å². The topological polar surface area (TPSA) is 0 Å². The number of allylic oxidation sites excluding steroid dienone is 6. The summed E-state index contributed by atoms with van der Waals surface area (Å²) in [4.78, 5) is 0. The van der Waals surface area contributed by atoms with Gasteiger partial charge in [-0.05, 0) is 60.7 Å². The molecule has 0 aliphatic heterocycles. The minimum atomic E-state index is 0.437. The summed E-state index contributed by atoms with van der Waals surface area (Å²) < 4.78 is 0. The minimum absolute atomic E-state index is 0.437. The van der Waals surface area contributed by atoms with Crippen LogP contribution < -0.4 is 0 Å². The molecular formula is C20H33P. The van der Waals surface area contributed by atoms with Crippen LogP contribution in [0.3, 0.4) is 0 Å². The number of hydrogen-bond donors (Lipinski definition) is 0. The van der Waals surface area contributed by atoms with Crippen LogP contribution in [0.5, 0.6) is 0 Å². The molecule has 1 unspecified atom stereocenters. The molecule has 1 atom stereocenters. The third kappa shape index (κ3) is 5.26. The summed E-state index contributed by atoms with van der Waals surface area (Å²) in [5.41, 5.74) is 2.92. The fourth-order valence-corrected chi connectivity index (χ4v) is 4.72. The van der Waals surface area contributed by atoms with Crippen molar-refractivity contribution in [3.8, 4) is 0 Å². The second kappa shape index (κ2) is 9.42. The first-order chi connectivity index (χ1) is 10.1. The molecule has 0 amide bonds. The van der Waals surface area contributed by atoms with Crippen molar-refractivity contribution in [2.75, 3.05) is 0 Å². The van der Waals surface area contributed by atoms with Crippen molar-refractivity contribution >= 4 is 9.24 Å². The van der Waals surface area contributed by atoms with Gasteiger partial charge in [0.25, 0.3) is 0 Å². The predicted octanol–water partition coefficient (Wildman–Crippen LogP) is 6.62. The van der Waals surface area contributed by atoms with Crippen LogP contribution in [-0.4, -0.2) is 5.16 Å². The highest BCUT2D eigenvalue weighted by molar-refractivity contribution is 7.19. The van der Waals surface area contributed by atoms with E-state index in [1.165, 1.54) is 62.5 Å². The van der Waals surface area contributed by atoms with Crippen molar-refractivity contribution in [1.82, 2.24) is 0 Å². The molecule has 1 aliphatic carbocycles. The molecule has 0 aromatic carbocycles. The standard InChI is InChI=1S/C20H33P/c1-5-11-17-13-9-15-20(21,19(7-3)8-4)16-10-14-18(17)12-6-2/h5-6,11-12,19H,1-2,7-10,13-16,21H2,3-4H3/b17-11-,18-12-. The highest BCUT2D eigenvalue weighted by Crippen LogP contribution is 2.43. The molecule has 0 saturated heterocycles. The lowest BCUT2D eigenvalue weighted by Gasteiger charge is -2.37. The van der Waals surface area contributed by atoms with Crippen molar-refractivity contribution in [3.05, 3.63) is 48.6 Å². The molecule has 0 aromatic heterocycles. The van der Waals surface area contributed by atoms with Crippen molar-refractivity contribution in [1.29, 1.82) is 0 Å². The maximum Gasteiger partial charge on any atom is -0.0122 e. The van der Waals surface area contributed by atoms with Gasteiger partial charge in [-0.1, -0.05) is 64.2 Å². The van der Waals surface area contributed by atoms with Crippen molar-refractivity contribution < 1.29 is 0 Å². The molecule has 1 fully saturated rings. The first kappa shape index (κ1) is 18.4. The van der Waals surface area contributed by atoms with E-state index in [9.17, 15) is 0 Å². The van der Waals surface area contributed by atoms with Crippen LogP contribution in [0.4, 0.5) is 0 Å². The Morgan fingerprint density at radius 2 is 1.43 bits per heavy atom. The van der Waals surface area contributed by atoms with E-state index in [1.54, 1.807) is 0 Å². The highest BCUT2D eigenvalue weighted by Gasteiger charge is 2.32. The Morgan fingerprint density at radius 3 is 1.76 bits per heavy atom. The monoisotopic (exact) mass is 304 g/mol. The lowest BCUT2D eigenvalue weighted by molar-refractivity contribution is 0.308. The molecule has 0 N–H and O–H groups in total. The summed E-state index contributed by atoms with van der Waals surface area (Å²) in [6.45, 7) is 12.4. The average molecular weight is 304 g/mol. The van der Waals surface area contributed by atoms with Gasteiger partial charge in [0.1, 0.15) is 0 Å². The maximum atomic E-state index is 3.88. The van der Waals surface area contributed by atoms with Gasteiger partial charge in [0.15, 0.2) is 0 Å². The second-order valence-corrected chi connectivity index (χ2v) is 7.46. The Kier molecular flexibility index (Phi) is 8.27. The van der Waals surface area contributed by atoms with E-state index in [1.807, 2.05) is 12.2 Å². The van der Waals surface area contributed by atoms with Gasteiger partial charge < -0.3 is 0 Å². The lowest BCUT2D eigenvalue weighted by Crippen LogP contribution is -2.30. The third-order valence-corrected chi connectivity index (χ3v) is 6.07. The summed E-state index contributed by atoms with van der Waals surface area (Å²) >= 11 is 0. The minimum Gasteiger partial charge on any atom is -0.131 e. The maximum absolute atomic E-state index is 3.88. The van der Waals surface area contributed by atoms with Gasteiger partial charge in [0.05, 0.1) is 0 Å². The summed E-state index contributed by atoms with van der Waals surface area (Å²) in [6.07, 6.45) is 18.4. The molecule has 0 heterocycles. The Morgan fingerprint density at radius 1 is 1.00 bits per heavy atom. The van der Waals surface area contributed by atoms with Crippen LogP contribution in [-0.2, 0) is 0 Å². The van der Waals surface area contributed by atoms with Crippen molar-refractivity contribution in [2.45, 2.75) is 70.4 Å². The van der Waals surface area contributed by atoms with Crippen molar-refractivity contribution in [2.24, 2.45) is 5.92 Å². The van der Waals surface area contributed by atoms with E-state index < -0.39 is 0 Å². The number of hydrogen-bond acceptors (Lipinski definition) is 0. The first-order valence-corrected chi connectivity index (χ1v) is 9.11. The molecule has 118 valence electrons. The largest absolute Gasteiger partial charge is 0.131 e. The number of rotatable bonds is 5. The van der Waals surface area contributed by atoms with Crippen LogP contribution in [0.2, 0.25) is 0 Å². The SMILES string of the molecule is C=C/C=C1/CCCC(P)(C(CC)CC)CCC/C1=C/C=C. The molecule has 1 aliphatic rings. The molecular weight excluding hydrogens is 271 g/mol. The zero-order chi connectivity index (χ0) is 15.7. The molecule has 0 aromatic rings. The van der Waals surface area contributed by atoms with Crippen LogP contribution in [0.15, 0.2) is 48.6 Å². The molecule has 0 radical (unpaired) electrons. The summed E-state index contributed by atoms with van der Waals surface area (Å²) in [6, 6.07) is 0. The normalized spacial score (nSPS) is 23.6. The third-order valence-electron chi connectivity index (χ3n) is 5.03.